The first-order chi connectivity index (χ1) is 0. The van der Waals surface area contributed by atoms with Crippen molar-refractivity contribution in [2.24, 2.45) is 0 Å². The molecular weight excluding hydrogens is 142 g/mol. The molecule has 0 fully saturated rings. The number of hydrogen-bond donors (Lipinski definition) is 0. The maximum Gasteiger partial charge on any atom is 2.00 e. The average Bonchev–Trinajstić information content (AvgIpc) is 0. The van der Waals surface area contributed by atoms with Gasteiger partial charge in [0.25, 0.3) is 0 Å². The second-order valence-electron chi connectivity index (χ2n) is 0. The Bertz CT molecular complexity index is 6.85. The molecule has 3 N–H and O–H groups in total. The van der Waals surface area contributed by atoms with E-state index in [1.807, 2.05) is 0 Å². The molecule has 0 heterocycles. The molecule has 0 aliphatic heterocycles. The van der Waals surface area contributed by atoms with Crippen LogP contribution in [0.1, 0.15) is 0 Å². The minimum atomic E-state index is 0. The molecule has 0 atom stereocenters. The molecular formula is H3KMnO3. The fourth-order valence-electron chi connectivity index (χ4n) is 0. The molecule has 0 aliphatic rings. The minimum absolute atomic E-state index is 0. The van der Waals surface area contributed by atoms with Crippen molar-refractivity contribution in [2.75, 3.05) is 0 Å². The van der Waals surface area contributed by atoms with E-state index < -0.39 is 0 Å². The molecule has 0 aromatic heterocycles. The van der Waals surface area contributed by atoms with Crippen molar-refractivity contribution < 1.29 is 84.9 Å². The van der Waals surface area contributed by atoms with Gasteiger partial charge in [-0.25, -0.2) is 0 Å². The van der Waals surface area contributed by atoms with Gasteiger partial charge in [0.1, 0.15) is 0 Å². The fourth-order valence-corrected chi connectivity index (χ4v) is 0. The van der Waals surface area contributed by atoms with Crippen LogP contribution in [0.15, 0.2) is 0 Å². The van der Waals surface area contributed by atoms with Gasteiger partial charge in [-0.3, -0.25) is 0 Å². The van der Waals surface area contributed by atoms with E-state index in [9.17, 15) is 0 Å². The third-order valence-corrected chi connectivity index (χ3v) is 0. The zero-order chi connectivity index (χ0) is 0. The SMILES string of the molecule is O.[K+].[Mn+2].[O-2].[OH-]. The predicted molar refractivity (Wildman–Crippen MR) is 6.24 cm³/mol. The first-order valence-electron chi connectivity index (χ1n) is 0. The topological polar surface area (TPSA) is 90.0 Å². The van der Waals surface area contributed by atoms with Gasteiger partial charge < -0.3 is 16.4 Å². The largest absolute Gasteiger partial charge is 2.00 e. The molecule has 0 aliphatic carbocycles. The second kappa shape index (κ2) is 36.9. The first kappa shape index (κ1) is 61.8. The van der Waals surface area contributed by atoms with Crippen molar-refractivity contribution in [3.63, 3.8) is 0 Å². The van der Waals surface area contributed by atoms with E-state index in [1.54, 1.807) is 0 Å². The van der Waals surface area contributed by atoms with E-state index in [4.69, 9.17) is 0 Å². The van der Waals surface area contributed by atoms with Crippen LogP contribution in [0.4, 0.5) is 0 Å². The number of hydrogen-bond acceptors (Lipinski definition) is 1. The average molecular weight is 145 g/mol. The molecule has 0 aromatic carbocycles. The molecule has 0 saturated carbocycles. The van der Waals surface area contributed by atoms with Crippen LogP contribution >= 0.6 is 0 Å². The monoisotopic (exact) mass is 145 g/mol. The van der Waals surface area contributed by atoms with E-state index in [0.29, 0.717) is 0 Å². The molecule has 0 amide bonds. The Labute approximate surface area is 83.3 Å². The molecule has 29 valence electrons. The summed E-state index contributed by atoms with van der Waals surface area (Å²) in [5, 5.41) is 0. The maximum absolute atomic E-state index is 0. The van der Waals surface area contributed by atoms with E-state index >= 15 is 0 Å². The van der Waals surface area contributed by atoms with Crippen molar-refractivity contribution in [1.29, 1.82) is 0 Å². The first-order valence-corrected chi connectivity index (χ1v) is 0. The molecule has 3 nitrogen and oxygen atoms in total. The summed E-state index contributed by atoms with van der Waals surface area (Å²) in [6.07, 6.45) is 0. The van der Waals surface area contributed by atoms with Gasteiger partial charge in [-0.2, -0.15) is 0 Å². The molecule has 0 aromatic rings. The summed E-state index contributed by atoms with van der Waals surface area (Å²) in [6.45, 7) is 0. The molecule has 0 bridgehead atoms. The Kier molecular flexibility index (Phi) is 457. The van der Waals surface area contributed by atoms with Crippen LogP contribution in [-0.2, 0) is 22.5 Å². The molecule has 5 heteroatoms. The fraction of sp³-hybridized carbons (Fsp3) is 0. The van der Waals surface area contributed by atoms with Crippen LogP contribution in [0.5, 0.6) is 0 Å². The normalized spacial score (nSPS) is 0. The zero-order valence-corrected chi connectivity index (χ0v) is 7.04. The Morgan fingerprint density at radius 3 is 1.00 bits per heavy atom. The molecule has 0 spiro atoms. The quantitative estimate of drug-likeness (QED) is 0.318. The third kappa shape index (κ3) is 23.7. The molecule has 0 rings (SSSR count). The number of rotatable bonds is 0. The van der Waals surface area contributed by atoms with Crippen molar-refractivity contribution in [1.82, 2.24) is 0 Å². The zero-order valence-electron chi connectivity index (χ0n) is 2.73. The van der Waals surface area contributed by atoms with E-state index in [-0.39, 0.29) is 84.9 Å². The standard InChI is InChI=1S/K.Mn.2H2O.O/h;;2*1H2;/q+1;+2;;;-2/p-1. The predicted octanol–water partition coefficient (Wildman–Crippen LogP) is -4.12. The Morgan fingerprint density at radius 2 is 1.00 bits per heavy atom. The summed E-state index contributed by atoms with van der Waals surface area (Å²) in [5.74, 6) is 0. The van der Waals surface area contributed by atoms with Gasteiger partial charge in [0, 0.05) is 0 Å². The van der Waals surface area contributed by atoms with Crippen LogP contribution in [-0.4, -0.2) is 11.0 Å². The summed E-state index contributed by atoms with van der Waals surface area (Å²) in [5.41, 5.74) is 0. The van der Waals surface area contributed by atoms with Crippen LogP contribution < -0.4 is 51.4 Å². The maximum atomic E-state index is 0. The molecule has 5 heavy (non-hydrogen) atoms. The van der Waals surface area contributed by atoms with E-state index in [1.165, 1.54) is 0 Å². The van der Waals surface area contributed by atoms with Crippen molar-refractivity contribution in [3.05, 3.63) is 0 Å². The van der Waals surface area contributed by atoms with Crippen LogP contribution in [0.2, 0.25) is 0 Å². The van der Waals surface area contributed by atoms with Gasteiger partial charge in [0.2, 0.25) is 0 Å². The molecule has 1 radical (unpaired) electrons. The van der Waals surface area contributed by atoms with Crippen LogP contribution in [0.25, 0.3) is 0 Å². The van der Waals surface area contributed by atoms with Gasteiger partial charge in [0.15, 0.2) is 0 Å². The molecule has 0 saturated heterocycles. The van der Waals surface area contributed by atoms with Gasteiger partial charge in [-0.15, -0.1) is 0 Å². The van der Waals surface area contributed by atoms with E-state index in [2.05, 4.69) is 0 Å². The summed E-state index contributed by atoms with van der Waals surface area (Å²) in [7, 11) is 0. The minimum Gasteiger partial charge on any atom is -2.00 e. The van der Waals surface area contributed by atoms with Gasteiger partial charge in [-0.1, -0.05) is 0 Å². The van der Waals surface area contributed by atoms with Crippen molar-refractivity contribution in [2.45, 2.75) is 0 Å². The van der Waals surface area contributed by atoms with E-state index in [0.717, 1.165) is 0 Å². The third-order valence-electron chi connectivity index (χ3n) is 0. The van der Waals surface area contributed by atoms with Crippen molar-refractivity contribution >= 4 is 0 Å². The second-order valence-corrected chi connectivity index (χ2v) is 0. The van der Waals surface area contributed by atoms with Gasteiger partial charge >= 0.3 is 68.5 Å². The smallest absolute Gasteiger partial charge is 2.00 e. The Hall–Kier alpha value is 2.04. The van der Waals surface area contributed by atoms with Crippen LogP contribution in [0, 0.1) is 0 Å². The Balaban J connectivity index is 0. The summed E-state index contributed by atoms with van der Waals surface area (Å²) < 4.78 is 0. The van der Waals surface area contributed by atoms with Crippen LogP contribution in [0.3, 0.4) is 0 Å². The summed E-state index contributed by atoms with van der Waals surface area (Å²) in [6, 6.07) is 0. The van der Waals surface area contributed by atoms with Crippen molar-refractivity contribution in [3.8, 4) is 0 Å². The Morgan fingerprint density at radius 1 is 1.00 bits per heavy atom. The summed E-state index contributed by atoms with van der Waals surface area (Å²) in [4.78, 5) is 0. The van der Waals surface area contributed by atoms with Gasteiger partial charge in [0.05, 0.1) is 0 Å². The molecule has 0 unspecified atom stereocenters. The summed E-state index contributed by atoms with van der Waals surface area (Å²) >= 11 is 0. The van der Waals surface area contributed by atoms with Gasteiger partial charge in [-0.05, 0) is 0 Å².